The number of hydrogen-bond donors (Lipinski definition) is 2. The Morgan fingerprint density at radius 3 is 2.22 bits per heavy atom. The molecule has 8 nitrogen and oxygen atoms in total. The summed E-state index contributed by atoms with van der Waals surface area (Å²) in [7, 11) is 0. The van der Waals surface area contributed by atoms with Crippen LogP contribution in [0.2, 0.25) is 5.02 Å². The average molecular weight is 766 g/mol. The fraction of sp³-hybridized carbons (Fsp3) is 0.711. The van der Waals surface area contributed by atoms with Gasteiger partial charge >= 0.3 is 11.9 Å². The van der Waals surface area contributed by atoms with Gasteiger partial charge in [0.2, 0.25) is 5.78 Å². The van der Waals surface area contributed by atoms with Crippen LogP contribution in [0.25, 0.3) is 0 Å². The smallest absolute Gasteiger partial charge is 0.309 e. The molecule has 54 heavy (non-hydrogen) atoms. The van der Waals surface area contributed by atoms with E-state index in [1.165, 1.54) is 0 Å². The molecule has 0 aliphatic heterocycles. The number of aliphatic carboxylic acids is 1. The number of benzene rings is 1. The summed E-state index contributed by atoms with van der Waals surface area (Å²) in [5.74, 6) is -1.95. The second kappa shape index (κ2) is 14.8. The van der Waals surface area contributed by atoms with Crippen molar-refractivity contribution in [2.45, 2.75) is 146 Å². The van der Waals surface area contributed by atoms with Crippen molar-refractivity contribution in [1.29, 1.82) is 0 Å². The predicted octanol–water partition coefficient (Wildman–Crippen LogP) is 9.55. The third-order valence-corrected chi connectivity index (χ3v) is 16.2. The van der Waals surface area contributed by atoms with E-state index in [1.54, 1.807) is 19.9 Å². The highest BCUT2D eigenvalue weighted by atomic mass is 35.5. The van der Waals surface area contributed by atoms with Crippen molar-refractivity contribution in [2.24, 2.45) is 56.2 Å². The van der Waals surface area contributed by atoms with Crippen LogP contribution in [0.15, 0.2) is 36.4 Å². The van der Waals surface area contributed by atoms with Crippen LogP contribution in [0.4, 0.5) is 0 Å². The van der Waals surface area contributed by atoms with Crippen LogP contribution in [0.3, 0.4) is 0 Å². The Hall–Kier alpha value is -3.00. The highest BCUT2D eigenvalue weighted by Gasteiger charge is 2.69. The lowest BCUT2D eigenvalue weighted by Crippen LogP contribution is -2.66. The largest absolute Gasteiger partial charge is 0.481 e. The van der Waals surface area contributed by atoms with Gasteiger partial charge in [0.1, 0.15) is 6.10 Å². The van der Waals surface area contributed by atoms with Gasteiger partial charge in [-0.1, -0.05) is 84.8 Å². The Morgan fingerprint density at radius 2 is 1.59 bits per heavy atom. The number of carbonyl (C=O) groups is 5. The molecule has 4 aliphatic carbocycles. The first-order valence-electron chi connectivity index (χ1n) is 20.2. The van der Waals surface area contributed by atoms with E-state index in [0.717, 1.165) is 50.5 Å². The molecule has 1 amide bonds. The van der Waals surface area contributed by atoms with Crippen molar-refractivity contribution in [2.75, 3.05) is 0 Å². The third-order valence-electron chi connectivity index (χ3n) is 15.8. The summed E-state index contributed by atoms with van der Waals surface area (Å²) >= 11 is 6.35. The molecule has 4 aliphatic rings. The Bertz CT molecular complexity index is 1700. The Labute approximate surface area is 328 Å². The van der Waals surface area contributed by atoms with Gasteiger partial charge in [0.05, 0.1) is 11.8 Å². The first kappa shape index (κ1) is 42.1. The quantitative estimate of drug-likeness (QED) is 0.123. The minimum absolute atomic E-state index is 0.00163. The topological polar surface area (TPSA) is 127 Å². The Balaban J connectivity index is 1.38. The van der Waals surface area contributed by atoms with E-state index in [9.17, 15) is 29.1 Å². The minimum atomic E-state index is -1.19. The molecule has 8 atom stereocenters. The number of Topliss-reactive ketones (excluding diaryl/α,β-unsaturated/α-hetero) is 2. The molecule has 0 saturated heterocycles. The van der Waals surface area contributed by atoms with E-state index in [2.05, 4.69) is 46.5 Å². The number of nitrogens with one attached hydrogen (secondary N) is 1. The molecule has 9 heteroatoms. The van der Waals surface area contributed by atoms with Gasteiger partial charge in [0, 0.05) is 28.8 Å². The maximum Gasteiger partial charge on any atom is 0.309 e. The number of hydrogen-bond acceptors (Lipinski definition) is 6. The lowest BCUT2D eigenvalue weighted by Gasteiger charge is -2.72. The summed E-state index contributed by atoms with van der Waals surface area (Å²) in [6.45, 7) is 23.0. The van der Waals surface area contributed by atoms with E-state index in [0.29, 0.717) is 35.3 Å². The van der Waals surface area contributed by atoms with Crippen LogP contribution >= 0.6 is 11.6 Å². The molecule has 1 aromatic rings. The Morgan fingerprint density at radius 1 is 0.926 bits per heavy atom. The van der Waals surface area contributed by atoms with Gasteiger partial charge in [-0.05, 0) is 129 Å². The van der Waals surface area contributed by atoms with Crippen LogP contribution in [0, 0.1) is 56.2 Å². The van der Waals surface area contributed by atoms with Gasteiger partial charge in [-0.15, -0.1) is 0 Å². The third kappa shape index (κ3) is 7.23. The van der Waals surface area contributed by atoms with Gasteiger partial charge in [-0.2, -0.15) is 0 Å². The second-order valence-corrected chi connectivity index (χ2v) is 20.2. The van der Waals surface area contributed by atoms with E-state index in [-0.39, 0.29) is 64.8 Å². The lowest BCUT2D eigenvalue weighted by molar-refractivity contribution is -0.240. The number of esters is 1. The highest BCUT2D eigenvalue weighted by molar-refractivity contribution is 6.38. The molecule has 5 rings (SSSR count). The maximum atomic E-state index is 14.4. The van der Waals surface area contributed by atoms with E-state index >= 15 is 0 Å². The summed E-state index contributed by atoms with van der Waals surface area (Å²) in [4.78, 5) is 66.7. The highest BCUT2D eigenvalue weighted by Crippen LogP contribution is 2.75. The van der Waals surface area contributed by atoms with Gasteiger partial charge in [0.25, 0.3) is 5.91 Å². The van der Waals surface area contributed by atoms with Crippen molar-refractivity contribution in [3.63, 3.8) is 0 Å². The maximum absolute atomic E-state index is 14.4. The number of halogens is 1. The summed E-state index contributed by atoms with van der Waals surface area (Å²) in [5, 5.41) is 12.9. The van der Waals surface area contributed by atoms with Crippen LogP contribution in [0.5, 0.6) is 0 Å². The zero-order chi connectivity index (χ0) is 40.2. The monoisotopic (exact) mass is 765 g/mol. The van der Waals surface area contributed by atoms with Gasteiger partial charge in [0.15, 0.2) is 5.78 Å². The molecule has 0 radical (unpaired) electrons. The minimum Gasteiger partial charge on any atom is -0.481 e. The molecule has 1 aromatic carbocycles. The van der Waals surface area contributed by atoms with Crippen molar-refractivity contribution in [1.82, 2.24) is 5.32 Å². The fourth-order valence-corrected chi connectivity index (χ4v) is 12.3. The molecule has 0 spiro atoms. The zero-order valence-corrected chi connectivity index (χ0v) is 34.9. The standard InChI is InChI=1S/C45H64ClNO7/c1-27(2)28(3)32(48)24-45(37(50)38(51)47-26-29-13-11-12-14-31(29)46)22-21-43(9)30(23-45)15-16-34-42(8)19-18-35(54-36(49)25-40(4,5)39(52)53)41(6,7)33(42)17-20-44(34,43)10/h11-14,27,30,33-35H,3,15-26H2,1-2,4-10H3,(H,47,51)(H,52,53)/t30-,33+,34-,35+,42+,43-,44-,45+/m1/s1. The molecule has 0 bridgehead atoms. The summed E-state index contributed by atoms with van der Waals surface area (Å²) in [5.41, 5.74) is -1.50. The molecule has 0 aromatic heterocycles. The van der Waals surface area contributed by atoms with Crippen LogP contribution in [0.1, 0.15) is 139 Å². The summed E-state index contributed by atoms with van der Waals surface area (Å²) in [6, 6.07) is 7.23. The molecule has 0 heterocycles. The number of allylic oxidation sites excluding steroid dienone is 1. The van der Waals surface area contributed by atoms with Crippen molar-refractivity contribution >= 4 is 41.0 Å². The van der Waals surface area contributed by atoms with E-state index in [1.807, 2.05) is 32.0 Å². The van der Waals surface area contributed by atoms with Gasteiger partial charge in [-0.3, -0.25) is 24.0 Å². The van der Waals surface area contributed by atoms with Crippen molar-refractivity contribution in [3.05, 3.63) is 47.0 Å². The molecule has 298 valence electrons. The molecule has 4 fully saturated rings. The summed E-state index contributed by atoms with van der Waals surface area (Å²) < 4.78 is 6.12. The first-order valence-corrected chi connectivity index (χ1v) is 20.5. The Kier molecular flexibility index (Phi) is 11.6. The normalized spacial score (nSPS) is 34.4. The number of rotatable bonds is 12. The summed E-state index contributed by atoms with van der Waals surface area (Å²) in [6.07, 6.45) is 6.80. The fourth-order valence-electron chi connectivity index (χ4n) is 12.1. The van der Waals surface area contributed by atoms with Crippen LogP contribution in [-0.2, 0) is 35.3 Å². The predicted molar refractivity (Wildman–Crippen MR) is 210 cm³/mol. The van der Waals surface area contributed by atoms with E-state index in [4.69, 9.17) is 16.3 Å². The molecular weight excluding hydrogens is 702 g/mol. The SMILES string of the molecule is C=C(C(=O)C[C@]1(C(=O)C(=O)NCc2ccccc2Cl)CC[C@]2(C)[C@H](CC[C@@H]3[C@@]4(C)CC[C@H](OC(=O)CC(C)(C)C(=O)O)C(C)(C)[C@@H]4CC[C@]32C)C1)C(C)C. The average Bonchev–Trinajstić information content (AvgIpc) is 3.08. The molecule has 2 N–H and O–H groups in total. The number of carboxylic acids is 1. The van der Waals surface area contributed by atoms with Crippen LogP contribution < -0.4 is 5.32 Å². The molecule has 4 saturated carbocycles. The van der Waals surface area contributed by atoms with E-state index < -0.39 is 34.5 Å². The molecular formula is C45H64ClNO7. The second-order valence-electron chi connectivity index (χ2n) is 19.8. The number of amides is 1. The number of fused-ring (bicyclic) bond motifs is 5. The number of carbonyl (C=O) groups excluding carboxylic acids is 4. The molecule has 0 unspecified atom stereocenters. The number of carboxylic acid groups (broad SMARTS) is 1. The number of ketones is 2. The number of ether oxygens (including phenoxy) is 1. The van der Waals surface area contributed by atoms with Crippen molar-refractivity contribution < 1.29 is 33.8 Å². The zero-order valence-electron chi connectivity index (χ0n) is 34.2. The van der Waals surface area contributed by atoms with Gasteiger partial charge < -0.3 is 15.2 Å². The van der Waals surface area contributed by atoms with Gasteiger partial charge in [-0.25, -0.2) is 0 Å². The first-order chi connectivity index (χ1) is 24.9. The van der Waals surface area contributed by atoms with Crippen molar-refractivity contribution in [3.8, 4) is 0 Å². The van der Waals surface area contributed by atoms with Crippen LogP contribution in [-0.4, -0.2) is 40.6 Å². The lowest BCUT2D eigenvalue weighted by atomic mass is 9.33.